The Labute approximate surface area is 102 Å². The summed E-state index contributed by atoms with van der Waals surface area (Å²) in [5.74, 6) is 4.86. The number of carbonyl (C=O) groups excluding carboxylic acids is 1. The minimum absolute atomic E-state index is 0.0968. The molecule has 1 aromatic rings. The van der Waals surface area contributed by atoms with Gasteiger partial charge in [0.25, 0.3) is 0 Å². The van der Waals surface area contributed by atoms with Gasteiger partial charge in [-0.3, -0.25) is 10.2 Å². The number of ether oxygens (including phenoxy) is 1. The van der Waals surface area contributed by atoms with Crippen LogP contribution >= 0.6 is 0 Å². The fraction of sp³-hybridized carbons (Fsp3) is 0.462. The first-order valence-corrected chi connectivity index (χ1v) is 5.90. The van der Waals surface area contributed by atoms with E-state index in [1.807, 2.05) is 37.3 Å². The Morgan fingerprint density at radius 2 is 2.06 bits per heavy atom. The van der Waals surface area contributed by atoms with Gasteiger partial charge in [-0.2, -0.15) is 0 Å². The van der Waals surface area contributed by atoms with E-state index in [-0.39, 0.29) is 12.0 Å². The lowest BCUT2D eigenvalue weighted by atomic mass is 10.1. The van der Waals surface area contributed by atoms with Gasteiger partial charge < -0.3 is 4.74 Å². The van der Waals surface area contributed by atoms with Crippen LogP contribution in [0.2, 0.25) is 0 Å². The summed E-state index contributed by atoms with van der Waals surface area (Å²) in [7, 11) is 0. The summed E-state index contributed by atoms with van der Waals surface area (Å²) in [4.78, 5) is 10.9. The first-order valence-electron chi connectivity index (χ1n) is 5.90. The van der Waals surface area contributed by atoms with Gasteiger partial charge in [0.05, 0.1) is 6.10 Å². The zero-order valence-corrected chi connectivity index (χ0v) is 10.2. The standard InChI is InChI=1S/C13H20N2O2/c1-11(12-7-3-2-4-8-12)17-10-6-5-9-13(16)15-14/h2-4,7-8,11H,5-6,9-10,14H2,1H3,(H,15,16). The molecule has 4 heteroatoms. The molecule has 0 aliphatic rings. The van der Waals surface area contributed by atoms with Crippen molar-refractivity contribution >= 4 is 5.91 Å². The summed E-state index contributed by atoms with van der Waals surface area (Å²) < 4.78 is 5.68. The zero-order chi connectivity index (χ0) is 12.5. The van der Waals surface area contributed by atoms with Crippen LogP contribution in [0.15, 0.2) is 30.3 Å². The van der Waals surface area contributed by atoms with E-state index in [1.165, 1.54) is 5.56 Å². The van der Waals surface area contributed by atoms with E-state index in [4.69, 9.17) is 10.6 Å². The Morgan fingerprint density at radius 3 is 2.71 bits per heavy atom. The molecule has 17 heavy (non-hydrogen) atoms. The molecule has 0 saturated heterocycles. The number of rotatable bonds is 7. The second-order valence-electron chi connectivity index (χ2n) is 3.95. The zero-order valence-electron chi connectivity index (χ0n) is 10.2. The van der Waals surface area contributed by atoms with E-state index in [2.05, 4.69) is 5.43 Å². The molecular formula is C13H20N2O2. The molecule has 1 atom stereocenters. The lowest BCUT2D eigenvalue weighted by Crippen LogP contribution is -2.29. The number of carbonyl (C=O) groups is 1. The molecule has 94 valence electrons. The van der Waals surface area contributed by atoms with Crippen LogP contribution in [0.5, 0.6) is 0 Å². The Bertz CT molecular complexity index is 327. The number of benzene rings is 1. The molecule has 0 heterocycles. The third-order valence-electron chi connectivity index (χ3n) is 2.60. The summed E-state index contributed by atoms with van der Waals surface area (Å²) in [5, 5.41) is 0. The van der Waals surface area contributed by atoms with Crippen molar-refractivity contribution in [1.82, 2.24) is 5.43 Å². The van der Waals surface area contributed by atoms with Crippen molar-refractivity contribution in [3.05, 3.63) is 35.9 Å². The van der Waals surface area contributed by atoms with Gasteiger partial charge in [-0.05, 0) is 25.3 Å². The molecular weight excluding hydrogens is 216 g/mol. The quantitative estimate of drug-likeness (QED) is 0.329. The smallest absolute Gasteiger partial charge is 0.233 e. The van der Waals surface area contributed by atoms with Gasteiger partial charge in [0.15, 0.2) is 0 Å². The number of nitrogens with one attached hydrogen (secondary N) is 1. The molecule has 3 N–H and O–H groups in total. The highest BCUT2D eigenvalue weighted by atomic mass is 16.5. The maximum Gasteiger partial charge on any atom is 0.233 e. The van der Waals surface area contributed by atoms with E-state index in [9.17, 15) is 4.79 Å². The Balaban J connectivity index is 2.13. The SMILES string of the molecule is CC(OCCCCC(=O)NN)c1ccccc1. The van der Waals surface area contributed by atoms with Crippen LogP contribution in [-0.2, 0) is 9.53 Å². The monoisotopic (exact) mass is 236 g/mol. The fourth-order valence-electron chi connectivity index (χ4n) is 1.54. The molecule has 1 rings (SSSR count). The van der Waals surface area contributed by atoms with Crippen LogP contribution in [0.1, 0.15) is 37.9 Å². The average molecular weight is 236 g/mol. The number of hydrogen-bond donors (Lipinski definition) is 2. The third kappa shape index (κ3) is 5.47. The highest BCUT2D eigenvalue weighted by Gasteiger charge is 2.04. The van der Waals surface area contributed by atoms with Crippen molar-refractivity contribution < 1.29 is 9.53 Å². The average Bonchev–Trinajstić information content (AvgIpc) is 2.38. The van der Waals surface area contributed by atoms with Crippen molar-refractivity contribution in [2.45, 2.75) is 32.3 Å². The topological polar surface area (TPSA) is 64.3 Å². The molecule has 4 nitrogen and oxygen atoms in total. The predicted molar refractivity (Wildman–Crippen MR) is 67.0 cm³/mol. The van der Waals surface area contributed by atoms with Crippen LogP contribution in [0.25, 0.3) is 0 Å². The third-order valence-corrected chi connectivity index (χ3v) is 2.60. The molecule has 0 radical (unpaired) electrons. The van der Waals surface area contributed by atoms with Gasteiger partial charge in [-0.15, -0.1) is 0 Å². The van der Waals surface area contributed by atoms with Crippen LogP contribution in [-0.4, -0.2) is 12.5 Å². The molecule has 1 amide bonds. The Hall–Kier alpha value is -1.39. The van der Waals surface area contributed by atoms with Crippen LogP contribution in [0, 0.1) is 0 Å². The summed E-state index contributed by atoms with van der Waals surface area (Å²) in [6.07, 6.45) is 2.22. The van der Waals surface area contributed by atoms with Crippen molar-refractivity contribution in [3.63, 3.8) is 0 Å². The maximum atomic E-state index is 10.9. The molecule has 0 aromatic heterocycles. The Morgan fingerprint density at radius 1 is 1.35 bits per heavy atom. The minimum atomic E-state index is -0.124. The number of hydrogen-bond acceptors (Lipinski definition) is 3. The van der Waals surface area contributed by atoms with Crippen molar-refractivity contribution in [3.8, 4) is 0 Å². The minimum Gasteiger partial charge on any atom is -0.374 e. The molecule has 0 saturated carbocycles. The highest BCUT2D eigenvalue weighted by molar-refractivity contribution is 5.74. The van der Waals surface area contributed by atoms with Gasteiger partial charge in [0.1, 0.15) is 0 Å². The normalized spacial score (nSPS) is 12.1. The summed E-state index contributed by atoms with van der Waals surface area (Å²) in [6.45, 7) is 2.69. The highest BCUT2D eigenvalue weighted by Crippen LogP contribution is 2.16. The van der Waals surface area contributed by atoms with E-state index in [0.717, 1.165) is 12.8 Å². The molecule has 1 aromatic carbocycles. The van der Waals surface area contributed by atoms with Gasteiger partial charge in [-0.1, -0.05) is 30.3 Å². The predicted octanol–water partition coefficient (Wildman–Crippen LogP) is 1.92. The number of unbranched alkanes of at least 4 members (excludes halogenated alkanes) is 1. The molecule has 0 aliphatic carbocycles. The number of amides is 1. The van der Waals surface area contributed by atoms with E-state index >= 15 is 0 Å². The van der Waals surface area contributed by atoms with E-state index < -0.39 is 0 Å². The van der Waals surface area contributed by atoms with Crippen LogP contribution < -0.4 is 11.3 Å². The second-order valence-corrected chi connectivity index (χ2v) is 3.95. The van der Waals surface area contributed by atoms with Crippen LogP contribution in [0.3, 0.4) is 0 Å². The first-order chi connectivity index (χ1) is 8.24. The number of nitrogens with two attached hydrogens (primary N) is 1. The molecule has 0 aliphatic heterocycles. The largest absolute Gasteiger partial charge is 0.374 e. The lowest BCUT2D eigenvalue weighted by molar-refractivity contribution is -0.121. The number of hydrazine groups is 1. The molecule has 1 unspecified atom stereocenters. The van der Waals surface area contributed by atoms with Gasteiger partial charge in [0.2, 0.25) is 5.91 Å². The fourth-order valence-corrected chi connectivity index (χ4v) is 1.54. The van der Waals surface area contributed by atoms with Crippen molar-refractivity contribution in [2.75, 3.05) is 6.61 Å². The van der Waals surface area contributed by atoms with Gasteiger partial charge in [0, 0.05) is 13.0 Å². The summed E-state index contributed by atoms with van der Waals surface area (Å²) in [5.41, 5.74) is 3.28. The van der Waals surface area contributed by atoms with E-state index in [0.29, 0.717) is 13.0 Å². The van der Waals surface area contributed by atoms with Gasteiger partial charge >= 0.3 is 0 Å². The van der Waals surface area contributed by atoms with Crippen molar-refractivity contribution in [2.24, 2.45) is 5.84 Å². The second kappa shape index (κ2) is 7.81. The molecule has 0 spiro atoms. The lowest BCUT2D eigenvalue weighted by Gasteiger charge is -2.13. The molecule has 0 bridgehead atoms. The summed E-state index contributed by atoms with van der Waals surface area (Å²) >= 11 is 0. The molecule has 0 fully saturated rings. The summed E-state index contributed by atoms with van der Waals surface area (Å²) in [6, 6.07) is 10.1. The van der Waals surface area contributed by atoms with Gasteiger partial charge in [-0.25, -0.2) is 5.84 Å². The van der Waals surface area contributed by atoms with E-state index in [1.54, 1.807) is 0 Å². The van der Waals surface area contributed by atoms with Crippen LogP contribution in [0.4, 0.5) is 0 Å². The first kappa shape index (κ1) is 13.7. The maximum absolute atomic E-state index is 10.9. The van der Waals surface area contributed by atoms with Crippen molar-refractivity contribution in [1.29, 1.82) is 0 Å². The Kier molecular flexibility index (Phi) is 6.29.